The van der Waals surface area contributed by atoms with Crippen molar-refractivity contribution in [2.75, 3.05) is 25.5 Å². The minimum Gasteiger partial charge on any atom is -0.399 e. The summed E-state index contributed by atoms with van der Waals surface area (Å²) in [7, 11) is -3.43. The topological polar surface area (TPSA) is 81.4 Å². The summed E-state index contributed by atoms with van der Waals surface area (Å²) in [5.74, 6) is 0.276. The Bertz CT molecular complexity index is 464. The number of ether oxygens (including phenoxy) is 1. The van der Waals surface area contributed by atoms with Gasteiger partial charge in [0.2, 0.25) is 10.0 Å². The van der Waals surface area contributed by atoms with Crippen LogP contribution in [0.15, 0.2) is 29.2 Å². The molecule has 1 heterocycles. The van der Waals surface area contributed by atoms with E-state index < -0.39 is 10.0 Å². The fourth-order valence-electron chi connectivity index (χ4n) is 1.70. The van der Waals surface area contributed by atoms with Crippen LogP contribution in [0.5, 0.6) is 0 Å². The number of nitrogen functional groups attached to an aromatic ring is 1. The molecule has 0 saturated carbocycles. The summed E-state index contributed by atoms with van der Waals surface area (Å²) in [6, 6.07) is 6.16. The number of hydrogen-bond acceptors (Lipinski definition) is 4. The van der Waals surface area contributed by atoms with Gasteiger partial charge in [-0.3, -0.25) is 0 Å². The number of sulfonamides is 1. The van der Waals surface area contributed by atoms with Gasteiger partial charge in [-0.05, 0) is 36.6 Å². The normalized spacial score (nSPS) is 20.6. The molecule has 0 aliphatic carbocycles. The first kappa shape index (κ1) is 12.3. The van der Waals surface area contributed by atoms with Crippen LogP contribution >= 0.6 is 0 Å². The van der Waals surface area contributed by atoms with Gasteiger partial charge >= 0.3 is 0 Å². The molecular formula is C11H16N2O3S. The third kappa shape index (κ3) is 3.18. The van der Waals surface area contributed by atoms with Crippen molar-refractivity contribution < 1.29 is 13.2 Å². The zero-order valence-corrected chi connectivity index (χ0v) is 10.2. The van der Waals surface area contributed by atoms with Crippen LogP contribution in [0, 0.1) is 5.92 Å². The van der Waals surface area contributed by atoms with Gasteiger partial charge in [-0.2, -0.15) is 0 Å². The van der Waals surface area contributed by atoms with Gasteiger partial charge in [-0.25, -0.2) is 13.1 Å². The molecule has 1 aliphatic heterocycles. The lowest BCUT2D eigenvalue weighted by atomic mass is 10.1. The summed E-state index contributed by atoms with van der Waals surface area (Å²) in [5, 5.41) is 0. The number of nitrogens with one attached hydrogen (secondary N) is 1. The molecule has 1 unspecified atom stereocenters. The van der Waals surface area contributed by atoms with Crippen LogP contribution < -0.4 is 10.5 Å². The molecule has 0 aromatic heterocycles. The highest BCUT2D eigenvalue weighted by molar-refractivity contribution is 7.89. The monoisotopic (exact) mass is 256 g/mol. The van der Waals surface area contributed by atoms with Gasteiger partial charge in [0.15, 0.2) is 0 Å². The minimum absolute atomic E-state index is 0.241. The van der Waals surface area contributed by atoms with Crippen molar-refractivity contribution in [3.8, 4) is 0 Å². The minimum atomic E-state index is -3.43. The number of anilines is 1. The molecule has 1 aliphatic rings. The molecule has 94 valence electrons. The molecule has 0 radical (unpaired) electrons. The van der Waals surface area contributed by atoms with Crippen LogP contribution in [0.4, 0.5) is 5.69 Å². The van der Waals surface area contributed by atoms with Crippen molar-refractivity contribution >= 4 is 15.7 Å². The van der Waals surface area contributed by atoms with Gasteiger partial charge in [-0.15, -0.1) is 0 Å². The summed E-state index contributed by atoms with van der Waals surface area (Å²) in [6.07, 6.45) is 0.907. The standard InChI is InChI=1S/C11H16N2O3S/c12-10-1-3-11(4-2-10)17(14,15)13-7-9-5-6-16-8-9/h1-4,9,13H,5-8,12H2. The largest absolute Gasteiger partial charge is 0.399 e. The first-order valence-electron chi connectivity index (χ1n) is 5.51. The Morgan fingerprint density at radius 2 is 2.06 bits per heavy atom. The van der Waals surface area contributed by atoms with Crippen molar-refractivity contribution in [1.82, 2.24) is 4.72 Å². The molecule has 0 spiro atoms. The molecule has 6 heteroatoms. The second kappa shape index (κ2) is 5.03. The van der Waals surface area contributed by atoms with E-state index in [1.165, 1.54) is 12.1 Å². The van der Waals surface area contributed by atoms with Crippen molar-refractivity contribution in [1.29, 1.82) is 0 Å². The predicted molar refractivity (Wildman–Crippen MR) is 65.0 cm³/mol. The Hall–Kier alpha value is -1.11. The van der Waals surface area contributed by atoms with Crippen LogP contribution in [0.3, 0.4) is 0 Å². The number of benzene rings is 1. The van der Waals surface area contributed by atoms with Crippen LogP contribution in [-0.4, -0.2) is 28.2 Å². The molecule has 5 nitrogen and oxygen atoms in total. The average Bonchev–Trinajstić information content (AvgIpc) is 2.80. The Morgan fingerprint density at radius 3 is 2.65 bits per heavy atom. The molecule has 1 saturated heterocycles. The summed E-state index contributed by atoms with van der Waals surface area (Å²) in [6.45, 7) is 1.77. The van der Waals surface area contributed by atoms with Gasteiger partial charge in [-0.1, -0.05) is 0 Å². The quantitative estimate of drug-likeness (QED) is 0.772. The maximum absolute atomic E-state index is 11.9. The van der Waals surface area contributed by atoms with E-state index >= 15 is 0 Å². The third-order valence-electron chi connectivity index (χ3n) is 2.78. The maximum Gasteiger partial charge on any atom is 0.240 e. The van der Waals surface area contributed by atoms with E-state index in [4.69, 9.17) is 10.5 Å². The Labute approximate surface area is 101 Å². The molecule has 0 amide bonds. The smallest absolute Gasteiger partial charge is 0.240 e. The Kier molecular flexibility index (Phi) is 3.66. The van der Waals surface area contributed by atoms with Crippen LogP contribution in [-0.2, 0) is 14.8 Å². The lowest BCUT2D eigenvalue weighted by molar-refractivity contribution is 0.186. The van der Waals surface area contributed by atoms with Gasteiger partial charge < -0.3 is 10.5 Å². The fraction of sp³-hybridized carbons (Fsp3) is 0.455. The first-order chi connectivity index (χ1) is 8.08. The lowest BCUT2D eigenvalue weighted by Crippen LogP contribution is -2.29. The molecule has 1 aromatic rings. The zero-order valence-electron chi connectivity index (χ0n) is 9.43. The zero-order chi connectivity index (χ0) is 12.3. The number of rotatable bonds is 4. The Morgan fingerprint density at radius 1 is 1.35 bits per heavy atom. The number of hydrogen-bond donors (Lipinski definition) is 2. The molecule has 17 heavy (non-hydrogen) atoms. The molecule has 0 bridgehead atoms. The molecule has 2 rings (SSSR count). The van der Waals surface area contributed by atoms with Crippen molar-refractivity contribution in [2.45, 2.75) is 11.3 Å². The second-order valence-electron chi connectivity index (χ2n) is 4.15. The van der Waals surface area contributed by atoms with Crippen LogP contribution in [0.25, 0.3) is 0 Å². The van der Waals surface area contributed by atoms with Crippen molar-refractivity contribution in [2.24, 2.45) is 5.92 Å². The van der Waals surface area contributed by atoms with E-state index in [0.29, 0.717) is 25.4 Å². The highest BCUT2D eigenvalue weighted by Gasteiger charge is 2.19. The van der Waals surface area contributed by atoms with Crippen LogP contribution in [0.2, 0.25) is 0 Å². The fourth-order valence-corrected chi connectivity index (χ4v) is 2.82. The summed E-state index contributed by atoms with van der Waals surface area (Å²) < 4.78 is 31.6. The summed E-state index contributed by atoms with van der Waals surface area (Å²) >= 11 is 0. The predicted octanol–water partition coefficient (Wildman–Crippen LogP) is 0.584. The van der Waals surface area contributed by atoms with E-state index in [1.807, 2.05) is 0 Å². The maximum atomic E-state index is 11.9. The van der Waals surface area contributed by atoms with E-state index in [1.54, 1.807) is 12.1 Å². The van der Waals surface area contributed by atoms with Crippen molar-refractivity contribution in [3.05, 3.63) is 24.3 Å². The number of nitrogens with two attached hydrogens (primary N) is 1. The van der Waals surface area contributed by atoms with E-state index in [0.717, 1.165) is 6.42 Å². The highest BCUT2D eigenvalue weighted by atomic mass is 32.2. The van der Waals surface area contributed by atoms with Crippen molar-refractivity contribution in [3.63, 3.8) is 0 Å². The molecule has 1 aromatic carbocycles. The van der Waals surface area contributed by atoms with Gasteiger partial charge in [0.05, 0.1) is 11.5 Å². The first-order valence-corrected chi connectivity index (χ1v) is 6.99. The van der Waals surface area contributed by atoms with Gasteiger partial charge in [0, 0.05) is 18.8 Å². The van der Waals surface area contributed by atoms with Crippen LogP contribution in [0.1, 0.15) is 6.42 Å². The molecule has 1 fully saturated rings. The molecular weight excluding hydrogens is 240 g/mol. The van der Waals surface area contributed by atoms with Gasteiger partial charge in [0.1, 0.15) is 0 Å². The van der Waals surface area contributed by atoms with E-state index in [2.05, 4.69) is 4.72 Å². The van der Waals surface area contributed by atoms with E-state index in [9.17, 15) is 8.42 Å². The third-order valence-corrected chi connectivity index (χ3v) is 4.22. The highest BCUT2D eigenvalue weighted by Crippen LogP contribution is 2.14. The lowest BCUT2D eigenvalue weighted by Gasteiger charge is -2.10. The molecule has 3 N–H and O–H groups in total. The Balaban J connectivity index is 2.00. The average molecular weight is 256 g/mol. The van der Waals surface area contributed by atoms with E-state index in [-0.39, 0.29) is 10.8 Å². The SMILES string of the molecule is Nc1ccc(S(=O)(=O)NCC2CCOC2)cc1. The summed E-state index contributed by atoms with van der Waals surface area (Å²) in [5.41, 5.74) is 6.06. The molecule has 1 atom stereocenters. The van der Waals surface area contributed by atoms with Gasteiger partial charge in [0.25, 0.3) is 0 Å². The summed E-state index contributed by atoms with van der Waals surface area (Å²) in [4.78, 5) is 0.241. The second-order valence-corrected chi connectivity index (χ2v) is 5.92.